The maximum atomic E-state index is 4.93. The summed E-state index contributed by atoms with van der Waals surface area (Å²) >= 11 is 0.194. The average Bonchev–Trinajstić information content (AvgIpc) is 3.68. The van der Waals surface area contributed by atoms with Gasteiger partial charge in [0.1, 0.15) is 0 Å². The molecule has 1 aliphatic heterocycles. The van der Waals surface area contributed by atoms with Crippen molar-refractivity contribution < 1.29 is 13.1 Å². The van der Waals surface area contributed by atoms with E-state index in [9.17, 15) is 0 Å². The second-order valence-electron chi connectivity index (χ2n) is 10.1. The van der Waals surface area contributed by atoms with Crippen LogP contribution in [0.2, 0.25) is 0 Å². The number of nitrogens with zero attached hydrogens (tertiary/aromatic N) is 3. The summed E-state index contributed by atoms with van der Waals surface area (Å²) in [6, 6.07) is 30.4. The van der Waals surface area contributed by atoms with Crippen LogP contribution in [0.15, 0.2) is 112 Å². The molecule has 4 aromatic carbocycles. The van der Waals surface area contributed by atoms with Crippen LogP contribution in [-0.4, -0.2) is 17.1 Å². The summed E-state index contributed by atoms with van der Waals surface area (Å²) in [5.74, 6) is 0. The molecule has 0 unspecified atom stereocenters. The van der Waals surface area contributed by atoms with Gasteiger partial charge in [-0.05, 0) is 95.5 Å². The van der Waals surface area contributed by atoms with E-state index >= 15 is 0 Å². The molecule has 0 fully saturated rings. The second kappa shape index (κ2) is 11.7. The molecule has 0 spiro atoms. The van der Waals surface area contributed by atoms with Crippen LogP contribution in [0, 0.1) is 0 Å². The Morgan fingerprint density at radius 3 is 1.68 bits per heavy atom. The summed E-state index contributed by atoms with van der Waals surface area (Å²) in [5.41, 5.74) is 16.7. The van der Waals surface area contributed by atoms with Crippen LogP contribution in [0.25, 0.3) is 22.3 Å². The molecule has 1 heterocycles. The molecule has 2 aliphatic carbocycles. The van der Waals surface area contributed by atoms with Crippen molar-refractivity contribution in [3.63, 3.8) is 0 Å². The van der Waals surface area contributed by atoms with Gasteiger partial charge < -0.3 is 0 Å². The first-order valence-electron chi connectivity index (χ1n) is 13.2. The maximum absolute atomic E-state index is 4.93. The summed E-state index contributed by atoms with van der Waals surface area (Å²) < 4.78 is 0. The Balaban J connectivity index is 0.000000925. The third kappa shape index (κ3) is 5.38. The van der Waals surface area contributed by atoms with E-state index < -0.39 is 0 Å². The second-order valence-corrected chi connectivity index (χ2v) is 12.0. The number of rotatable bonds is 4. The van der Waals surface area contributed by atoms with Crippen LogP contribution < -0.4 is 0 Å². The minimum atomic E-state index is 0.194. The topological polar surface area (TPSA) is 37.1 Å². The van der Waals surface area contributed by atoms with Gasteiger partial charge in [0.15, 0.2) is 0 Å². The fourth-order valence-corrected chi connectivity index (χ4v) is 5.80. The molecule has 0 saturated heterocycles. The third-order valence-electron chi connectivity index (χ3n) is 7.68. The van der Waals surface area contributed by atoms with Crippen LogP contribution in [0.5, 0.6) is 0 Å². The molecule has 7 rings (SSSR count). The van der Waals surface area contributed by atoms with Crippen molar-refractivity contribution in [3.05, 3.63) is 119 Å². The van der Waals surface area contributed by atoms with Crippen LogP contribution in [-0.2, 0) is 26.0 Å². The first kappa shape index (κ1) is 26.9. The zero-order chi connectivity index (χ0) is 27.6. The van der Waals surface area contributed by atoms with Gasteiger partial charge in [0.05, 0.1) is 34.2 Å². The molecule has 0 atom stereocenters. The number of fused-ring (bicyclic) bond motifs is 6. The predicted octanol–water partition coefficient (Wildman–Crippen LogP) is 9.82. The van der Waals surface area contributed by atoms with Gasteiger partial charge in [-0.2, -0.15) is 0 Å². The van der Waals surface area contributed by atoms with Gasteiger partial charge in [0, 0.05) is 6.42 Å². The summed E-state index contributed by atoms with van der Waals surface area (Å²) in [7, 11) is 9.53. The van der Waals surface area contributed by atoms with E-state index in [0.717, 1.165) is 53.5 Å². The molecule has 40 heavy (non-hydrogen) atoms. The number of halogens is 2. The van der Waals surface area contributed by atoms with Gasteiger partial charge in [0.25, 0.3) is 0 Å². The van der Waals surface area contributed by atoms with E-state index in [0.29, 0.717) is 0 Å². The number of hydrogen-bond acceptors (Lipinski definition) is 3. The zero-order valence-corrected chi connectivity index (χ0v) is 24.8. The predicted molar refractivity (Wildman–Crippen MR) is 167 cm³/mol. The van der Waals surface area contributed by atoms with Crippen molar-refractivity contribution in [3.8, 4) is 22.3 Å². The average molecular weight is 604 g/mol. The summed E-state index contributed by atoms with van der Waals surface area (Å²) in [6.45, 7) is 4.10. The summed E-state index contributed by atoms with van der Waals surface area (Å²) in [4.78, 5) is 14.8. The molecule has 0 radical (unpaired) electrons. The SMILES string of the molecule is CC(=Nc1ccc2c(c1)Cc1ccccc1-2)C1=CCC(C(C)=Nc2ccc3c(c2)Cc2ccccc2-3)=N1.[Cl][Fe][Cl]. The van der Waals surface area contributed by atoms with E-state index in [2.05, 4.69) is 97.9 Å². The monoisotopic (exact) mass is 603 g/mol. The first-order valence-corrected chi connectivity index (χ1v) is 16.2. The number of aliphatic imine (C=N–C) groups is 3. The van der Waals surface area contributed by atoms with Crippen LogP contribution in [0.4, 0.5) is 11.4 Å². The Kier molecular flexibility index (Phi) is 7.87. The Morgan fingerprint density at radius 2 is 1.12 bits per heavy atom. The Bertz CT molecular complexity index is 1750. The van der Waals surface area contributed by atoms with Crippen molar-refractivity contribution in [1.29, 1.82) is 0 Å². The van der Waals surface area contributed by atoms with Crippen molar-refractivity contribution >= 4 is 48.7 Å². The minimum absolute atomic E-state index is 0.194. The Morgan fingerprint density at radius 1 is 0.650 bits per heavy atom. The number of allylic oxidation sites excluding steroid dienone is 2. The van der Waals surface area contributed by atoms with E-state index in [-0.39, 0.29) is 13.1 Å². The molecule has 6 heteroatoms. The zero-order valence-electron chi connectivity index (χ0n) is 22.2. The molecule has 0 amide bonds. The first-order chi connectivity index (χ1) is 19.5. The van der Waals surface area contributed by atoms with E-state index in [4.69, 9.17) is 35.2 Å². The summed E-state index contributed by atoms with van der Waals surface area (Å²) in [6.07, 6.45) is 4.90. The molecule has 0 saturated carbocycles. The standard InChI is InChI=1S/C34H27N3.2ClH.Fe/c1-21(35-27-11-13-31-25(19-27)17-23-7-3-5-9-29(23)31)33-15-16-34(37-33)22(2)36-28-12-14-32-26(20-28)18-24-8-4-6-10-30(24)32;;;/h3-15,19-20H,16-18H2,1-2H3;2*1H;/q;;;+2/p-2. The molecule has 4 aromatic rings. The van der Waals surface area contributed by atoms with Gasteiger partial charge in [0.2, 0.25) is 0 Å². The number of hydrogen-bond donors (Lipinski definition) is 0. The van der Waals surface area contributed by atoms with Gasteiger partial charge in [-0.1, -0.05) is 66.7 Å². The summed E-state index contributed by atoms with van der Waals surface area (Å²) in [5, 5.41) is 0. The molecule has 3 aliphatic rings. The molecule has 0 aromatic heterocycles. The normalized spacial score (nSPS) is 15.0. The fraction of sp³-hybridized carbons (Fsp3) is 0.147. The molecule has 0 bridgehead atoms. The molecule has 0 N–H and O–H groups in total. The van der Waals surface area contributed by atoms with Crippen molar-refractivity contribution in [1.82, 2.24) is 0 Å². The van der Waals surface area contributed by atoms with Crippen molar-refractivity contribution in [2.24, 2.45) is 15.0 Å². The van der Waals surface area contributed by atoms with Crippen molar-refractivity contribution in [2.75, 3.05) is 0 Å². The Labute approximate surface area is 250 Å². The Hall–Kier alpha value is -3.27. The van der Waals surface area contributed by atoms with Crippen LogP contribution >= 0.6 is 20.2 Å². The van der Waals surface area contributed by atoms with E-state index in [1.54, 1.807) is 0 Å². The van der Waals surface area contributed by atoms with Gasteiger partial charge in [-0.25, -0.2) is 4.99 Å². The quantitative estimate of drug-likeness (QED) is 0.142. The number of benzene rings is 4. The molecular weight excluding hydrogens is 577 g/mol. The molecule has 200 valence electrons. The molecule has 3 nitrogen and oxygen atoms in total. The third-order valence-corrected chi connectivity index (χ3v) is 7.68. The van der Waals surface area contributed by atoms with Gasteiger partial charge in [-0.15, -0.1) is 0 Å². The molecular formula is C34H27Cl2FeN3. The fourth-order valence-electron chi connectivity index (χ4n) is 5.80. The van der Waals surface area contributed by atoms with Crippen molar-refractivity contribution in [2.45, 2.75) is 33.1 Å². The van der Waals surface area contributed by atoms with Crippen LogP contribution in [0.3, 0.4) is 0 Å². The van der Waals surface area contributed by atoms with Crippen LogP contribution in [0.1, 0.15) is 42.5 Å². The van der Waals surface area contributed by atoms with Gasteiger partial charge in [-0.3, -0.25) is 9.98 Å². The van der Waals surface area contributed by atoms with E-state index in [1.165, 1.54) is 44.5 Å². The van der Waals surface area contributed by atoms with Gasteiger partial charge >= 0.3 is 33.3 Å². The van der Waals surface area contributed by atoms with E-state index in [1.807, 2.05) is 6.92 Å².